The van der Waals surface area contributed by atoms with Gasteiger partial charge in [-0.2, -0.15) is 0 Å². The van der Waals surface area contributed by atoms with E-state index >= 15 is 0 Å². The zero-order valence-corrected chi connectivity index (χ0v) is 9.17. The van der Waals surface area contributed by atoms with Crippen molar-refractivity contribution >= 4 is 40.7 Å². The van der Waals surface area contributed by atoms with Gasteiger partial charge in [0.25, 0.3) is 12.4 Å². The number of aromatic amines is 1. The fourth-order valence-electron chi connectivity index (χ4n) is 1.19. The van der Waals surface area contributed by atoms with Gasteiger partial charge in [0.2, 0.25) is 0 Å². The lowest BCUT2D eigenvalue weighted by Gasteiger charge is -2.01. The first-order valence-corrected chi connectivity index (χ1v) is 4.87. The number of nitrogens with zero attached hydrogens (tertiary/aromatic N) is 1. The fourth-order valence-corrected chi connectivity index (χ4v) is 1.51. The summed E-state index contributed by atoms with van der Waals surface area (Å²) in [6, 6.07) is 2.94. The standard InChI is InChI=1S/C9H4Cl2N2O3/c10-4-1-6-7(2-5(4)11)13-9(16-3-14)8(15)12-6/h1-3H,(H,12,15). The highest BCUT2D eigenvalue weighted by molar-refractivity contribution is 6.42. The predicted molar refractivity (Wildman–Crippen MR) is 59.1 cm³/mol. The average Bonchev–Trinajstić information content (AvgIpc) is 2.23. The molecule has 2 aromatic rings. The Morgan fingerprint density at radius 2 is 2.00 bits per heavy atom. The molecule has 0 amide bonds. The van der Waals surface area contributed by atoms with Gasteiger partial charge in [0, 0.05) is 0 Å². The maximum Gasteiger partial charge on any atom is 0.311 e. The minimum atomic E-state index is -0.613. The molecule has 2 rings (SSSR count). The molecule has 5 nitrogen and oxygen atoms in total. The van der Waals surface area contributed by atoms with Crippen LogP contribution >= 0.6 is 23.2 Å². The van der Waals surface area contributed by atoms with Crippen LogP contribution in [0, 0.1) is 0 Å². The molecule has 0 atom stereocenters. The largest absolute Gasteiger partial charge is 0.404 e. The molecule has 0 saturated carbocycles. The number of aromatic nitrogens is 2. The molecule has 82 valence electrons. The Hall–Kier alpha value is -1.59. The molecule has 1 aromatic heterocycles. The highest BCUT2D eigenvalue weighted by Crippen LogP contribution is 2.25. The van der Waals surface area contributed by atoms with Crippen molar-refractivity contribution in [2.45, 2.75) is 0 Å². The topological polar surface area (TPSA) is 72.0 Å². The van der Waals surface area contributed by atoms with Crippen molar-refractivity contribution in [1.82, 2.24) is 9.97 Å². The lowest BCUT2D eigenvalue weighted by Crippen LogP contribution is -2.12. The van der Waals surface area contributed by atoms with Crippen LogP contribution in [0.2, 0.25) is 10.0 Å². The first-order chi connectivity index (χ1) is 7.61. The third kappa shape index (κ3) is 1.87. The second kappa shape index (κ2) is 4.11. The summed E-state index contributed by atoms with van der Waals surface area (Å²) in [5.74, 6) is -0.333. The fraction of sp³-hybridized carbons (Fsp3) is 0. The molecule has 1 heterocycles. The van der Waals surface area contributed by atoms with E-state index in [4.69, 9.17) is 23.2 Å². The van der Waals surface area contributed by atoms with Crippen LogP contribution in [-0.2, 0) is 4.79 Å². The summed E-state index contributed by atoms with van der Waals surface area (Å²) < 4.78 is 4.40. The Labute approximate surface area is 99.0 Å². The van der Waals surface area contributed by atoms with Crippen LogP contribution in [0.4, 0.5) is 0 Å². The SMILES string of the molecule is O=COc1nc2cc(Cl)c(Cl)cc2[nH]c1=O. The monoisotopic (exact) mass is 258 g/mol. The zero-order chi connectivity index (χ0) is 11.7. The number of hydrogen-bond donors (Lipinski definition) is 1. The summed E-state index contributed by atoms with van der Waals surface area (Å²) in [5, 5.41) is 0.599. The number of halogens is 2. The third-order valence-electron chi connectivity index (χ3n) is 1.86. The molecule has 0 aliphatic rings. The number of hydrogen-bond acceptors (Lipinski definition) is 4. The van der Waals surface area contributed by atoms with Crippen LogP contribution in [0.25, 0.3) is 11.0 Å². The van der Waals surface area contributed by atoms with E-state index in [-0.39, 0.29) is 12.4 Å². The van der Waals surface area contributed by atoms with Gasteiger partial charge in [0.15, 0.2) is 0 Å². The summed E-state index contributed by atoms with van der Waals surface area (Å²) in [6.07, 6.45) is 0. The van der Waals surface area contributed by atoms with Crippen molar-refractivity contribution < 1.29 is 9.53 Å². The molecule has 0 unspecified atom stereocenters. The Balaban J connectivity index is 2.74. The highest BCUT2D eigenvalue weighted by atomic mass is 35.5. The van der Waals surface area contributed by atoms with Crippen LogP contribution in [-0.4, -0.2) is 16.4 Å². The number of carbonyl (C=O) groups is 1. The van der Waals surface area contributed by atoms with Crippen LogP contribution in [0.1, 0.15) is 0 Å². The Kier molecular flexibility index (Phi) is 2.80. The lowest BCUT2D eigenvalue weighted by molar-refractivity contribution is -0.121. The number of rotatable bonds is 2. The molecule has 1 aromatic carbocycles. The van der Waals surface area contributed by atoms with Crippen molar-refractivity contribution in [2.24, 2.45) is 0 Å². The van der Waals surface area contributed by atoms with Gasteiger partial charge in [0.1, 0.15) is 0 Å². The molecular formula is C9H4Cl2N2O3. The predicted octanol–water partition coefficient (Wildman–Crippen LogP) is 1.77. The lowest BCUT2D eigenvalue weighted by atomic mass is 10.3. The Morgan fingerprint density at radius 3 is 2.69 bits per heavy atom. The van der Waals surface area contributed by atoms with Gasteiger partial charge in [-0.1, -0.05) is 23.2 Å². The Bertz CT molecular complexity index is 624. The van der Waals surface area contributed by atoms with Gasteiger partial charge in [0.05, 0.1) is 21.1 Å². The second-order valence-corrected chi connectivity index (χ2v) is 3.68. The zero-order valence-electron chi connectivity index (χ0n) is 7.66. The van der Waals surface area contributed by atoms with E-state index < -0.39 is 5.56 Å². The molecule has 0 fully saturated rings. The van der Waals surface area contributed by atoms with E-state index in [2.05, 4.69) is 14.7 Å². The quantitative estimate of drug-likeness (QED) is 0.834. The van der Waals surface area contributed by atoms with Gasteiger partial charge in [-0.05, 0) is 12.1 Å². The van der Waals surface area contributed by atoms with Crippen molar-refractivity contribution in [3.05, 3.63) is 32.5 Å². The summed E-state index contributed by atoms with van der Waals surface area (Å²) in [7, 11) is 0. The van der Waals surface area contributed by atoms with Gasteiger partial charge < -0.3 is 9.72 Å². The number of benzene rings is 1. The maximum absolute atomic E-state index is 11.3. The van der Waals surface area contributed by atoms with Crippen molar-refractivity contribution in [2.75, 3.05) is 0 Å². The molecule has 0 aliphatic heterocycles. The van der Waals surface area contributed by atoms with Crippen LogP contribution in [0.3, 0.4) is 0 Å². The normalized spacial score (nSPS) is 10.4. The van der Waals surface area contributed by atoms with E-state index in [1.165, 1.54) is 12.1 Å². The van der Waals surface area contributed by atoms with Crippen molar-refractivity contribution in [1.29, 1.82) is 0 Å². The number of nitrogens with one attached hydrogen (secondary N) is 1. The summed E-state index contributed by atoms with van der Waals surface area (Å²) in [6.45, 7) is 0.126. The van der Waals surface area contributed by atoms with Gasteiger partial charge >= 0.3 is 5.56 Å². The Morgan fingerprint density at radius 1 is 1.31 bits per heavy atom. The van der Waals surface area contributed by atoms with E-state index in [0.717, 1.165) is 0 Å². The summed E-state index contributed by atoms with van der Waals surface area (Å²) in [5.41, 5.74) is 0.182. The smallest absolute Gasteiger partial charge is 0.311 e. The molecule has 0 bridgehead atoms. The first-order valence-electron chi connectivity index (χ1n) is 4.11. The van der Waals surface area contributed by atoms with Crippen LogP contribution in [0.5, 0.6) is 5.88 Å². The third-order valence-corrected chi connectivity index (χ3v) is 2.58. The van der Waals surface area contributed by atoms with Crippen molar-refractivity contribution in [3.8, 4) is 5.88 Å². The second-order valence-electron chi connectivity index (χ2n) is 2.87. The maximum atomic E-state index is 11.3. The van der Waals surface area contributed by atoms with Crippen molar-refractivity contribution in [3.63, 3.8) is 0 Å². The molecular weight excluding hydrogens is 255 g/mol. The average molecular weight is 259 g/mol. The van der Waals surface area contributed by atoms with Crippen LogP contribution in [0.15, 0.2) is 16.9 Å². The minimum absolute atomic E-state index is 0.126. The van der Waals surface area contributed by atoms with Crippen LogP contribution < -0.4 is 10.3 Å². The number of fused-ring (bicyclic) bond motifs is 1. The molecule has 1 N–H and O–H groups in total. The van der Waals surface area contributed by atoms with Gasteiger partial charge in [-0.3, -0.25) is 9.59 Å². The summed E-state index contributed by atoms with van der Waals surface area (Å²) >= 11 is 11.6. The van der Waals surface area contributed by atoms with E-state index in [0.29, 0.717) is 21.1 Å². The first kappa shape index (κ1) is 10.9. The molecule has 0 saturated heterocycles. The molecule has 0 radical (unpaired) electrons. The minimum Gasteiger partial charge on any atom is -0.404 e. The number of carbonyl (C=O) groups excluding carboxylic acids is 1. The van der Waals surface area contributed by atoms with E-state index in [1.54, 1.807) is 0 Å². The van der Waals surface area contributed by atoms with E-state index in [1.807, 2.05) is 0 Å². The molecule has 7 heteroatoms. The number of H-pyrrole nitrogens is 1. The molecule has 0 aliphatic carbocycles. The summed E-state index contributed by atoms with van der Waals surface area (Å²) in [4.78, 5) is 27.8. The number of ether oxygens (including phenoxy) is 1. The van der Waals surface area contributed by atoms with Gasteiger partial charge in [-0.15, -0.1) is 0 Å². The molecule has 16 heavy (non-hydrogen) atoms. The van der Waals surface area contributed by atoms with E-state index in [9.17, 15) is 9.59 Å². The highest BCUT2D eigenvalue weighted by Gasteiger charge is 2.08. The van der Waals surface area contributed by atoms with Gasteiger partial charge in [-0.25, -0.2) is 4.98 Å². The molecule has 0 spiro atoms.